The Morgan fingerprint density at radius 2 is 1.70 bits per heavy atom. The van der Waals surface area contributed by atoms with Gasteiger partial charge in [0.2, 0.25) is 0 Å². The zero-order valence-corrected chi connectivity index (χ0v) is 15.2. The minimum atomic E-state index is -4.24. The normalized spacial score (nSPS) is 12.1. The van der Waals surface area contributed by atoms with Crippen molar-refractivity contribution in [2.24, 2.45) is 0 Å². The molecule has 0 aliphatic carbocycles. The van der Waals surface area contributed by atoms with E-state index in [4.69, 9.17) is 4.74 Å². The first-order chi connectivity index (χ1) is 12.7. The van der Waals surface area contributed by atoms with Crippen molar-refractivity contribution >= 4 is 21.9 Å². The summed E-state index contributed by atoms with van der Waals surface area (Å²) in [4.78, 5) is 25.3. The minimum absolute atomic E-state index is 0.183. The van der Waals surface area contributed by atoms with E-state index in [0.717, 1.165) is 19.2 Å². The monoisotopic (exact) mass is 396 g/mol. The second-order valence-electron chi connectivity index (χ2n) is 5.30. The predicted octanol–water partition coefficient (Wildman–Crippen LogP) is 1.39. The van der Waals surface area contributed by atoms with Crippen LogP contribution >= 0.6 is 0 Å². The number of ether oxygens (including phenoxy) is 2. The van der Waals surface area contributed by atoms with Crippen molar-refractivity contribution in [2.75, 3.05) is 7.11 Å². The molecule has 2 rings (SSSR count). The highest BCUT2D eigenvalue weighted by Gasteiger charge is 2.24. The van der Waals surface area contributed by atoms with Gasteiger partial charge in [0.15, 0.2) is 6.10 Å². The second-order valence-corrected chi connectivity index (χ2v) is 6.95. The molecule has 2 aromatic carbocycles. The highest BCUT2D eigenvalue weighted by molar-refractivity contribution is 7.89. The van der Waals surface area contributed by atoms with Crippen molar-refractivity contribution in [2.45, 2.75) is 17.9 Å². The minimum Gasteiger partial charge on any atom is -0.481 e. The molecule has 0 aliphatic heterocycles. The van der Waals surface area contributed by atoms with Crippen LogP contribution in [0.25, 0.3) is 0 Å². The van der Waals surface area contributed by atoms with Crippen LogP contribution in [0.3, 0.4) is 0 Å². The lowest BCUT2D eigenvalue weighted by atomic mass is 10.2. The Bertz CT molecular complexity index is 931. The summed E-state index contributed by atoms with van der Waals surface area (Å²) in [6.45, 7) is 1.38. The van der Waals surface area contributed by atoms with E-state index in [2.05, 4.69) is 4.74 Å². The fraction of sp³-hybridized carbons (Fsp3) is 0.176. The molecule has 1 atom stereocenters. The number of amides is 1. The molecule has 2 N–H and O–H groups in total. The SMILES string of the molecule is COC(=O)c1ccccc1S(=O)(=O)NNC(=O)[C@H](C)Oc1ccc(F)cc1. The number of sulfonamides is 1. The topological polar surface area (TPSA) is 111 Å². The summed E-state index contributed by atoms with van der Waals surface area (Å²) in [6, 6.07) is 10.3. The summed E-state index contributed by atoms with van der Waals surface area (Å²) in [5.41, 5.74) is 1.83. The number of methoxy groups -OCH3 is 1. The summed E-state index contributed by atoms with van der Waals surface area (Å²) in [5.74, 6) is -1.86. The van der Waals surface area contributed by atoms with E-state index in [-0.39, 0.29) is 16.2 Å². The molecule has 0 aliphatic rings. The van der Waals surface area contributed by atoms with Crippen LogP contribution in [0.4, 0.5) is 4.39 Å². The van der Waals surface area contributed by atoms with Crippen molar-refractivity contribution in [1.29, 1.82) is 0 Å². The van der Waals surface area contributed by atoms with Gasteiger partial charge in [-0.3, -0.25) is 10.2 Å². The first-order valence-electron chi connectivity index (χ1n) is 7.66. The van der Waals surface area contributed by atoms with E-state index in [1.54, 1.807) is 0 Å². The fourth-order valence-electron chi connectivity index (χ4n) is 2.02. The zero-order chi connectivity index (χ0) is 20.0. The molecule has 144 valence electrons. The maximum Gasteiger partial charge on any atom is 0.339 e. The van der Waals surface area contributed by atoms with E-state index >= 15 is 0 Å². The highest BCUT2D eigenvalue weighted by atomic mass is 32.2. The molecule has 0 saturated heterocycles. The van der Waals surface area contributed by atoms with Crippen LogP contribution in [0, 0.1) is 5.82 Å². The first-order valence-corrected chi connectivity index (χ1v) is 9.14. The predicted molar refractivity (Wildman–Crippen MR) is 92.7 cm³/mol. The van der Waals surface area contributed by atoms with Gasteiger partial charge < -0.3 is 9.47 Å². The van der Waals surface area contributed by atoms with Crippen LogP contribution < -0.4 is 15.0 Å². The Labute approximate surface area is 155 Å². The number of carbonyl (C=O) groups excluding carboxylic acids is 2. The van der Waals surface area contributed by atoms with Crippen LogP contribution in [-0.2, 0) is 19.6 Å². The molecule has 27 heavy (non-hydrogen) atoms. The quantitative estimate of drug-likeness (QED) is 0.541. The van der Waals surface area contributed by atoms with Gasteiger partial charge in [-0.25, -0.2) is 17.6 Å². The summed E-state index contributed by atoms with van der Waals surface area (Å²) < 4.78 is 47.5. The van der Waals surface area contributed by atoms with E-state index in [1.807, 2.05) is 10.3 Å². The number of hydrazine groups is 1. The summed E-state index contributed by atoms with van der Waals surface area (Å²) in [5, 5.41) is 0. The Balaban J connectivity index is 2.05. The standard InChI is InChI=1S/C17H17FN2O6S/c1-11(26-13-9-7-12(18)8-10-13)16(21)19-20-27(23,24)15-6-4-3-5-14(15)17(22)25-2/h3-11,20H,1-2H3,(H,19,21)/t11-/m0/s1. The molecule has 0 bridgehead atoms. The van der Waals surface area contributed by atoms with E-state index < -0.39 is 33.8 Å². The molecule has 0 unspecified atom stereocenters. The maximum atomic E-state index is 12.9. The lowest BCUT2D eigenvalue weighted by Gasteiger charge is -2.16. The number of rotatable bonds is 7. The van der Waals surface area contributed by atoms with Crippen molar-refractivity contribution < 1.29 is 31.9 Å². The number of nitrogens with one attached hydrogen (secondary N) is 2. The van der Waals surface area contributed by atoms with Gasteiger partial charge in [0.25, 0.3) is 15.9 Å². The Morgan fingerprint density at radius 1 is 1.07 bits per heavy atom. The number of hydrogen-bond acceptors (Lipinski definition) is 6. The molecule has 10 heteroatoms. The first kappa shape index (κ1) is 20.3. The molecule has 0 aromatic heterocycles. The smallest absolute Gasteiger partial charge is 0.339 e. The zero-order valence-electron chi connectivity index (χ0n) is 14.4. The van der Waals surface area contributed by atoms with Crippen molar-refractivity contribution in [1.82, 2.24) is 10.3 Å². The molecule has 8 nitrogen and oxygen atoms in total. The van der Waals surface area contributed by atoms with Crippen LogP contribution in [0.2, 0.25) is 0 Å². The number of esters is 1. The molecule has 2 aromatic rings. The Hall–Kier alpha value is -2.98. The van der Waals surface area contributed by atoms with Gasteiger partial charge in [-0.15, -0.1) is 4.83 Å². The van der Waals surface area contributed by atoms with E-state index in [9.17, 15) is 22.4 Å². The fourth-order valence-corrected chi connectivity index (χ4v) is 3.07. The maximum absolute atomic E-state index is 12.9. The van der Waals surface area contributed by atoms with Gasteiger partial charge in [0, 0.05) is 0 Å². The van der Waals surface area contributed by atoms with Crippen LogP contribution in [0.1, 0.15) is 17.3 Å². The number of benzene rings is 2. The molecular formula is C17H17FN2O6S. The van der Waals surface area contributed by atoms with E-state index in [0.29, 0.717) is 0 Å². The lowest BCUT2D eigenvalue weighted by molar-refractivity contribution is -0.127. The van der Waals surface area contributed by atoms with Gasteiger partial charge in [0.05, 0.1) is 17.6 Å². The second kappa shape index (κ2) is 8.60. The Morgan fingerprint density at radius 3 is 2.33 bits per heavy atom. The average Bonchev–Trinajstić information content (AvgIpc) is 2.67. The van der Waals surface area contributed by atoms with Gasteiger partial charge >= 0.3 is 5.97 Å². The highest BCUT2D eigenvalue weighted by Crippen LogP contribution is 2.16. The third-order valence-electron chi connectivity index (χ3n) is 3.39. The molecule has 1 amide bonds. The molecular weight excluding hydrogens is 379 g/mol. The van der Waals surface area contributed by atoms with E-state index in [1.165, 1.54) is 43.3 Å². The summed E-state index contributed by atoms with van der Waals surface area (Å²) >= 11 is 0. The Kier molecular flexibility index (Phi) is 6.48. The lowest BCUT2D eigenvalue weighted by Crippen LogP contribution is -2.47. The molecule has 0 spiro atoms. The third kappa shape index (κ3) is 5.25. The average molecular weight is 396 g/mol. The third-order valence-corrected chi connectivity index (χ3v) is 4.69. The van der Waals surface area contributed by atoms with Gasteiger partial charge in [0.1, 0.15) is 11.6 Å². The van der Waals surface area contributed by atoms with Gasteiger partial charge in [-0.05, 0) is 43.3 Å². The van der Waals surface area contributed by atoms with Crippen molar-refractivity contribution in [3.8, 4) is 5.75 Å². The summed E-state index contributed by atoms with van der Waals surface area (Å²) in [7, 11) is -3.12. The van der Waals surface area contributed by atoms with Crippen LogP contribution in [0.5, 0.6) is 5.75 Å². The van der Waals surface area contributed by atoms with Crippen molar-refractivity contribution in [3.05, 3.63) is 59.9 Å². The molecule has 0 saturated carbocycles. The van der Waals surface area contributed by atoms with Crippen molar-refractivity contribution in [3.63, 3.8) is 0 Å². The molecule has 0 heterocycles. The summed E-state index contributed by atoms with van der Waals surface area (Å²) in [6.07, 6.45) is -1.07. The van der Waals surface area contributed by atoms with Crippen LogP contribution in [0.15, 0.2) is 53.4 Å². The molecule has 0 radical (unpaired) electrons. The van der Waals surface area contributed by atoms with Crippen LogP contribution in [-0.4, -0.2) is 33.5 Å². The van der Waals surface area contributed by atoms with Gasteiger partial charge in [-0.1, -0.05) is 12.1 Å². The number of carbonyl (C=O) groups is 2. The largest absolute Gasteiger partial charge is 0.481 e. The molecule has 0 fully saturated rings. The van der Waals surface area contributed by atoms with Gasteiger partial charge in [-0.2, -0.15) is 0 Å². The number of halogens is 1. The number of hydrogen-bond donors (Lipinski definition) is 2.